The molecule has 3 aromatic rings. The van der Waals surface area contributed by atoms with Gasteiger partial charge in [-0.05, 0) is 30.7 Å². The Labute approximate surface area is 175 Å². The van der Waals surface area contributed by atoms with Crippen LogP contribution in [0.4, 0.5) is 0 Å². The van der Waals surface area contributed by atoms with Crippen LogP contribution in [0.2, 0.25) is 0 Å². The second kappa shape index (κ2) is 9.28. The van der Waals surface area contributed by atoms with Crippen molar-refractivity contribution in [3.05, 3.63) is 57.5 Å². The van der Waals surface area contributed by atoms with Gasteiger partial charge in [-0.1, -0.05) is 74.7 Å². The standard InChI is InChI=1S/C20H19Br2N3O2/c1-2-3-10-27-18(26)13-25-20(15-7-5-9-17(22)12-15)19(23-24-25)14-6-4-8-16(21)11-14/h4-9,11-12H,2-3,10,13H2,1H3. The molecule has 0 saturated carbocycles. The molecule has 5 nitrogen and oxygen atoms in total. The van der Waals surface area contributed by atoms with Crippen LogP contribution in [0.3, 0.4) is 0 Å². The van der Waals surface area contributed by atoms with E-state index in [1.807, 2.05) is 48.5 Å². The molecule has 0 fully saturated rings. The van der Waals surface area contributed by atoms with E-state index in [2.05, 4.69) is 49.1 Å². The number of esters is 1. The van der Waals surface area contributed by atoms with Gasteiger partial charge in [-0.15, -0.1) is 5.10 Å². The molecule has 1 heterocycles. The van der Waals surface area contributed by atoms with Crippen LogP contribution in [0.5, 0.6) is 0 Å². The number of nitrogens with zero attached hydrogens (tertiary/aromatic N) is 3. The number of hydrogen-bond donors (Lipinski definition) is 0. The number of carbonyl (C=O) groups excluding carboxylic acids is 1. The first-order valence-electron chi connectivity index (χ1n) is 8.69. The molecular formula is C20H19Br2N3O2. The molecular weight excluding hydrogens is 474 g/mol. The van der Waals surface area contributed by atoms with Gasteiger partial charge < -0.3 is 4.74 Å². The van der Waals surface area contributed by atoms with Gasteiger partial charge in [-0.25, -0.2) is 4.68 Å². The first-order valence-corrected chi connectivity index (χ1v) is 10.3. The van der Waals surface area contributed by atoms with E-state index in [0.717, 1.165) is 44.3 Å². The van der Waals surface area contributed by atoms with Gasteiger partial charge in [-0.2, -0.15) is 0 Å². The van der Waals surface area contributed by atoms with Crippen molar-refractivity contribution < 1.29 is 9.53 Å². The van der Waals surface area contributed by atoms with Gasteiger partial charge in [0.2, 0.25) is 0 Å². The summed E-state index contributed by atoms with van der Waals surface area (Å²) < 4.78 is 8.79. The molecule has 0 radical (unpaired) electrons. The first-order chi connectivity index (χ1) is 13.1. The van der Waals surface area contributed by atoms with Crippen LogP contribution in [-0.2, 0) is 16.1 Å². The molecule has 0 atom stereocenters. The van der Waals surface area contributed by atoms with Crippen LogP contribution >= 0.6 is 31.9 Å². The number of aromatic nitrogens is 3. The Balaban J connectivity index is 2.00. The molecule has 0 amide bonds. The highest BCUT2D eigenvalue weighted by atomic mass is 79.9. The van der Waals surface area contributed by atoms with Gasteiger partial charge in [0.25, 0.3) is 0 Å². The maximum absolute atomic E-state index is 12.2. The third-order valence-electron chi connectivity index (χ3n) is 3.97. The average molecular weight is 493 g/mol. The van der Waals surface area contributed by atoms with Crippen LogP contribution in [-0.4, -0.2) is 27.6 Å². The van der Waals surface area contributed by atoms with Crippen LogP contribution in [0, 0.1) is 0 Å². The lowest BCUT2D eigenvalue weighted by molar-refractivity contribution is -0.144. The highest BCUT2D eigenvalue weighted by molar-refractivity contribution is 9.10. The molecule has 0 spiro atoms. The predicted octanol–water partition coefficient (Wildman–Crippen LogP) is 5.48. The number of unbranched alkanes of at least 4 members (excludes halogenated alkanes) is 1. The zero-order chi connectivity index (χ0) is 19.2. The van der Waals surface area contributed by atoms with Crippen LogP contribution in [0.15, 0.2) is 57.5 Å². The molecule has 27 heavy (non-hydrogen) atoms. The molecule has 0 bridgehead atoms. The highest BCUT2D eigenvalue weighted by Gasteiger charge is 2.19. The Morgan fingerprint density at radius 3 is 2.41 bits per heavy atom. The van der Waals surface area contributed by atoms with E-state index in [-0.39, 0.29) is 12.5 Å². The Bertz CT molecular complexity index is 940. The van der Waals surface area contributed by atoms with Gasteiger partial charge in [0.15, 0.2) is 0 Å². The van der Waals surface area contributed by atoms with E-state index in [4.69, 9.17) is 4.74 Å². The molecule has 0 aliphatic heterocycles. The lowest BCUT2D eigenvalue weighted by Gasteiger charge is -2.09. The van der Waals surface area contributed by atoms with Gasteiger partial charge in [0, 0.05) is 20.1 Å². The fourth-order valence-corrected chi connectivity index (χ4v) is 3.47. The summed E-state index contributed by atoms with van der Waals surface area (Å²) in [6, 6.07) is 15.7. The summed E-state index contributed by atoms with van der Waals surface area (Å²) in [5, 5.41) is 8.58. The molecule has 1 aromatic heterocycles. The van der Waals surface area contributed by atoms with Crippen molar-refractivity contribution in [1.82, 2.24) is 15.0 Å². The van der Waals surface area contributed by atoms with Crippen molar-refractivity contribution in [1.29, 1.82) is 0 Å². The maximum Gasteiger partial charge on any atom is 0.327 e. The lowest BCUT2D eigenvalue weighted by atomic mass is 10.0. The minimum Gasteiger partial charge on any atom is -0.464 e. The fourth-order valence-electron chi connectivity index (χ4n) is 2.67. The second-order valence-electron chi connectivity index (χ2n) is 6.04. The summed E-state index contributed by atoms with van der Waals surface area (Å²) >= 11 is 7.01. The quantitative estimate of drug-likeness (QED) is 0.323. The van der Waals surface area contributed by atoms with Crippen molar-refractivity contribution in [2.75, 3.05) is 6.61 Å². The van der Waals surface area contributed by atoms with E-state index in [0.29, 0.717) is 6.61 Å². The number of rotatable bonds is 7. The minimum absolute atomic E-state index is 0.0204. The second-order valence-corrected chi connectivity index (χ2v) is 7.87. The Morgan fingerprint density at radius 2 is 1.74 bits per heavy atom. The topological polar surface area (TPSA) is 57.0 Å². The zero-order valence-electron chi connectivity index (χ0n) is 14.9. The Morgan fingerprint density at radius 1 is 1.07 bits per heavy atom. The van der Waals surface area contributed by atoms with Gasteiger partial charge >= 0.3 is 5.97 Å². The third kappa shape index (κ3) is 5.05. The number of carbonyl (C=O) groups is 1. The Hall–Kier alpha value is -1.99. The molecule has 0 aliphatic rings. The zero-order valence-corrected chi connectivity index (χ0v) is 18.0. The molecule has 7 heteroatoms. The van der Waals surface area contributed by atoms with Crippen LogP contribution in [0.25, 0.3) is 22.5 Å². The third-order valence-corrected chi connectivity index (χ3v) is 4.96. The summed E-state index contributed by atoms with van der Waals surface area (Å²) in [6.07, 6.45) is 1.83. The summed E-state index contributed by atoms with van der Waals surface area (Å²) in [5.74, 6) is -0.314. The van der Waals surface area contributed by atoms with Crippen molar-refractivity contribution in [3.63, 3.8) is 0 Å². The molecule has 2 aromatic carbocycles. The van der Waals surface area contributed by atoms with E-state index >= 15 is 0 Å². The Kier molecular flexibility index (Phi) is 6.79. The first kappa shape index (κ1) is 19.8. The molecule has 0 unspecified atom stereocenters. The average Bonchev–Trinajstić information content (AvgIpc) is 3.05. The molecule has 0 N–H and O–H groups in total. The van der Waals surface area contributed by atoms with Gasteiger partial charge in [0.1, 0.15) is 12.2 Å². The van der Waals surface area contributed by atoms with E-state index < -0.39 is 0 Å². The highest BCUT2D eigenvalue weighted by Crippen LogP contribution is 2.32. The lowest BCUT2D eigenvalue weighted by Crippen LogP contribution is -2.16. The van der Waals surface area contributed by atoms with Crippen molar-refractivity contribution in [3.8, 4) is 22.5 Å². The number of benzene rings is 2. The van der Waals surface area contributed by atoms with E-state index in [1.54, 1.807) is 4.68 Å². The van der Waals surface area contributed by atoms with Gasteiger partial charge in [-0.3, -0.25) is 4.79 Å². The van der Waals surface area contributed by atoms with Gasteiger partial charge in [0.05, 0.1) is 12.3 Å². The number of hydrogen-bond acceptors (Lipinski definition) is 4. The minimum atomic E-state index is -0.314. The summed E-state index contributed by atoms with van der Waals surface area (Å²) in [5.41, 5.74) is 3.34. The van der Waals surface area contributed by atoms with Crippen molar-refractivity contribution >= 4 is 37.8 Å². The maximum atomic E-state index is 12.2. The molecule has 0 aliphatic carbocycles. The molecule has 0 saturated heterocycles. The summed E-state index contributed by atoms with van der Waals surface area (Å²) in [6.45, 7) is 2.50. The number of halogens is 2. The van der Waals surface area contributed by atoms with Crippen molar-refractivity contribution in [2.45, 2.75) is 26.3 Å². The summed E-state index contributed by atoms with van der Waals surface area (Å²) in [4.78, 5) is 12.2. The molecule has 3 rings (SSSR count). The van der Waals surface area contributed by atoms with Crippen molar-refractivity contribution in [2.24, 2.45) is 0 Å². The smallest absolute Gasteiger partial charge is 0.327 e. The largest absolute Gasteiger partial charge is 0.464 e. The van der Waals surface area contributed by atoms with Crippen LogP contribution in [0.1, 0.15) is 19.8 Å². The summed E-state index contributed by atoms with van der Waals surface area (Å²) in [7, 11) is 0. The normalized spacial score (nSPS) is 10.8. The monoisotopic (exact) mass is 491 g/mol. The van der Waals surface area contributed by atoms with Crippen LogP contribution < -0.4 is 0 Å². The molecule has 140 valence electrons. The van der Waals surface area contributed by atoms with E-state index in [9.17, 15) is 4.79 Å². The fraction of sp³-hybridized carbons (Fsp3) is 0.250. The number of ether oxygens (including phenoxy) is 1. The van der Waals surface area contributed by atoms with E-state index in [1.165, 1.54) is 0 Å². The predicted molar refractivity (Wildman–Crippen MR) is 112 cm³/mol. The SMILES string of the molecule is CCCCOC(=O)Cn1nnc(-c2cccc(Br)c2)c1-c1cccc(Br)c1.